The predicted molar refractivity (Wildman–Crippen MR) is 108 cm³/mol. The Balaban J connectivity index is 1.84. The van der Waals surface area contributed by atoms with Crippen LogP contribution >= 0.6 is 31.9 Å². The standard InChI is InChI=1S/C20H10Br2O2S/c21-13-3-5-15-11(9-13)1-7-17-19(15)25(23)20-16-6-4-14(22)10-12(16)2-8-18(20)24-17/h1-10H. The zero-order chi connectivity index (χ0) is 17.1. The summed E-state index contributed by atoms with van der Waals surface area (Å²) in [6.07, 6.45) is 0. The van der Waals surface area contributed by atoms with Crippen molar-refractivity contribution in [3.05, 3.63) is 69.6 Å². The third-order valence-electron chi connectivity index (χ3n) is 4.38. The fourth-order valence-electron chi connectivity index (χ4n) is 3.27. The molecular formula is C20H10Br2O2S. The molecule has 5 heteroatoms. The van der Waals surface area contributed by atoms with Crippen molar-refractivity contribution >= 4 is 64.2 Å². The molecule has 2 nitrogen and oxygen atoms in total. The molecule has 0 atom stereocenters. The van der Waals surface area contributed by atoms with Gasteiger partial charge in [-0.1, -0.05) is 56.1 Å². The molecule has 4 aromatic rings. The van der Waals surface area contributed by atoms with Crippen LogP contribution in [-0.4, -0.2) is 4.21 Å². The van der Waals surface area contributed by atoms with E-state index in [1.807, 2.05) is 60.7 Å². The van der Waals surface area contributed by atoms with Crippen LogP contribution in [0.4, 0.5) is 0 Å². The number of hydrogen-bond donors (Lipinski definition) is 0. The summed E-state index contributed by atoms with van der Waals surface area (Å²) in [6, 6.07) is 19.8. The quantitative estimate of drug-likeness (QED) is 0.247. The molecule has 1 heterocycles. The van der Waals surface area contributed by atoms with Crippen molar-refractivity contribution in [2.75, 3.05) is 0 Å². The highest BCUT2D eigenvalue weighted by atomic mass is 79.9. The minimum absolute atomic E-state index is 0.664. The molecule has 0 bridgehead atoms. The van der Waals surface area contributed by atoms with Gasteiger partial charge in [-0.3, -0.25) is 0 Å². The van der Waals surface area contributed by atoms with Gasteiger partial charge in [0.05, 0.1) is 20.6 Å². The second kappa shape index (κ2) is 5.66. The third-order valence-corrected chi connectivity index (χ3v) is 6.95. The molecule has 0 spiro atoms. The van der Waals surface area contributed by atoms with Crippen LogP contribution in [0.25, 0.3) is 21.5 Å². The first-order chi connectivity index (χ1) is 12.1. The Hall–Kier alpha value is -1.69. The van der Waals surface area contributed by atoms with Crippen LogP contribution in [-0.2, 0) is 10.8 Å². The first-order valence-electron chi connectivity index (χ1n) is 7.66. The van der Waals surface area contributed by atoms with Gasteiger partial charge in [0, 0.05) is 19.7 Å². The Morgan fingerprint density at radius 3 is 1.64 bits per heavy atom. The number of halogens is 2. The number of benzene rings is 4. The second-order valence-electron chi connectivity index (χ2n) is 5.89. The molecular weight excluding hydrogens is 464 g/mol. The van der Waals surface area contributed by atoms with E-state index in [-0.39, 0.29) is 0 Å². The summed E-state index contributed by atoms with van der Waals surface area (Å²) >= 11 is 6.99. The lowest BCUT2D eigenvalue weighted by atomic mass is 10.1. The van der Waals surface area contributed by atoms with Gasteiger partial charge in [-0.25, -0.2) is 4.21 Å². The largest absolute Gasteiger partial charge is 0.455 e. The Labute approximate surface area is 163 Å². The van der Waals surface area contributed by atoms with Crippen molar-refractivity contribution < 1.29 is 8.95 Å². The summed E-state index contributed by atoms with van der Waals surface area (Å²) in [4.78, 5) is 1.49. The van der Waals surface area contributed by atoms with E-state index in [1.165, 1.54) is 0 Å². The Bertz CT molecular complexity index is 1120. The molecule has 0 saturated carbocycles. The molecule has 25 heavy (non-hydrogen) atoms. The van der Waals surface area contributed by atoms with Crippen molar-refractivity contribution in [3.63, 3.8) is 0 Å². The topological polar surface area (TPSA) is 26.3 Å². The van der Waals surface area contributed by atoms with Crippen molar-refractivity contribution in [1.29, 1.82) is 0 Å². The van der Waals surface area contributed by atoms with Crippen LogP contribution in [0.3, 0.4) is 0 Å². The van der Waals surface area contributed by atoms with Gasteiger partial charge in [-0.2, -0.15) is 0 Å². The van der Waals surface area contributed by atoms with Crippen LogP contribution in [0.5, 0.6) is 11.5 Å². The molecule has 0 N–H and O–H groups in total. The summed E-state index contributed by atoms with van der Waals surface area (Å²) in [5.74, 6) is 1.33. The second-order valence-corrected chi connectivity index (χ2v) is 9.07. The number of fused-ring (bicyclic) bond motifs is 6. The molecule has 0 amide bonds. The molecule has 1 aliphatic heterocycles. The molecule has 0 radical (unpaired) electrons. The van der Waals surface area contributed by atoms with Crippen molar-refractivity contribution in [1.82, 2.24) is 0 Å². The lowest BCUT2D eigenvalue weighted by Crippen LogP contribution is -2.06. The van der Waals surface area contributed by atoms with Crippen molar-refractivity contribution in [2.24, 2.45) is 0 Å². The third kappa shape index (κ3) is 2.37. The SMILES string of the molecule is O=S1c2c(ccc3cc(Br)ccc23)Oc2ccc3cc(Br)ccc3c21. The molecule has 0 unspecified atom stereocenters. The minimum atomic E-state index is -1.31. The van der Waals surface area contributed by atoms with Crippen LogP contribution in [0.2, 0.25) is 0 Å². The van der Waals surface area contributed by atoms with Gasteiger partial charge in [0.1, 0.15) is 11.5 Å². The van der Waals surface area contributed by atoms with Gasteiger partial charge in [0.2, 0.25) is 0 Å². The molecule has 0 fully saturated rings. The zero-order valence-electron chi connectivity index (χ0n) is 12.8. The number of hydrogen-bond acceptors (Lipinski definition) is 2. The highest BCUT2D eigenvalue weighted by Gasteiger charge is 2.28. The van der Waals surface area contributed by atoms with Gasteiger partial charge in [0.25, 0.3) is 0 Å². The molecule has 5 rings (SSSR count). The number of rotatable bonds is 0. The lowest BCUT2D eigenvalue weighted by molar-refractivity contribution is 0.454. The Kier molecular flexibility index (Phi) is 3.52. The maximum Gasteiger partial charge on any atom is 0.144 e. The van der Waals surface area contributed by atoms with Gasteiger partial charge in [-0.15, -0.1) is 0 Å². The molecule has 1 aliphatic rings. The summed E-state index contributed by atoms with van der Waals surface area (Å²) < 4.78 is 21.6. The fraction of sp³-hybridized carbons (Fsp3) is 0. The van der Waals surface area contributed by atoms with E-state index in [4.69, 9.17) is 4.74 Å². The smallest absolute Gasteiger partial charge is 0.144 e. The van der Waals surface area contributed by atoms with E-state index in [2.05, 4.69) is 31.9 Å². The van der Waals surface area contributed by atoms with E-state index in [9.17, 15) is 4.21 Å². The van der Waals surface area contributed by atoms with E-state index in [1.54, 1.807) is 0 Å². The molecule has 0 aliphatic carbocycles. The molecule has 0 saturated heterocycles. The summed E-state index contributed by atoms with van der Waals surface area (Å²) in [5.41, 5.74) is 0. The van der Waals surface area contributed by atoms with E-state index >= 15 is 0 Å². The summed E-state index contributed by atoms with van der Waals surface area (Å²) in [5, 5.41) is 3.99. The van der Waals surface area contributed by atoms with Crippen LogP contribution < -0.4 is 4.74 Å². The molecule has 4 aromatic carbocycles. The highest BCUT2D eigenvalue weighted by Crippen LogP contribution is 2.46. The first kappa shape index (κ1) is 15.6. The highest BCUT2D eigenvalue weighted by molar-refractivity contribution is 9.10. The molecule has 122 valence electrons. The lowest BCUT2D eigenvalue weighted by Gasteiger charge is -2.22. The van der Waals surface area contributed by atoms with Gasteiger partial charge in [-0.05, 0) is 47.2 Å². The summed E-state index contributed by atoms with van der Waals surface area (Å²) in [6.45, 7) is 0. The van der Waals surface area contributed by atoms with Gasteiger partial charge in [0.15, 0.2) is 0 Å². The van der Waals surface area contributed by atoms with Crippen LogP contribution in [0, 0.1) is 0 Å². The summed E-state index contributed by atoms with van der Waals surface area (Å²) in [7, 11) is -1.31. The van der Waals surface area contributed by atoms with Crippen LogP contribution in [0.15, 0.2) is 79.4 Å². The zero-order valence-corrected chi connectivity index (χ0v) is 16.7. The normalized spacial score (nSPS) is 13.5. The van der Waals surface area contributed by atoms with Gasteiger partial charge >= 0.3 is 0 Å². The minimum Gasteiger partial charge on any atom is -0.455 e. The molecule has 0 aromatic heterocycles. The average molecular weight is 474 g/mol. The monoisotopic (exact) mass is 472 g/mol. The predicted octanol–water partition coefficient (Wildman–Crippen LogP) is 6.79. The maximum absolute atomic E-state index is 13.5. The average Bonchev–Trinajstić information content (AvgIpc) is 2.61. The van der Waals surface area contributed by atoms with E-state index < -0.39 is 10.8 Å². The first-order valence-corrected chi connectivity index (χ1v) is 10.4. The number of ether oxygens (including phenoxy) is 1. The van der Waals surface area contributed by atoms with E-state index in [0.717, 1.165) is 40.3 Å². The fourth-order valence-corrected chi connectivity index (χ4v) is 5.59. The van der Waals surface area contributed by atoms with Crippen molar-refractivity contribution in [3.8, 4) is 11.5 Å². The van der Waals surface area contributed by atoms with E-state index in [0.29, 0.717) is 11.5 Å². The van der Waals surface area contributed by atoms with Gasteiger partial charge < -0.3 is 4.74 Å². The Morgan fingerprint density at radius 2 is 1.16 bits per heavy atom. The maximum atomic E-state index is 13.5. The van der Waals surface area contributed by atoms with Crippen LogP contribution in [0.1, 0.15) is 0 Å². The Morgan fingerprint density at radius 1 is 0.680 bits per heavy atom. The van der Waals surface area contributed by atoms with Crippen molar-refractivity contribution in [2.45, 2.75) is 9.79 Å².